The van der Waals surface area contributed by atoms with E-state index in [2.05, 4.69) is 9.72 Å². The number of pyridine rings is 1. The molecule has 3 N–H and O–H groups in total. The standard InChI is InChI=1S/C7H6F3IN2O2/c8-7(9,10)15-6-5(14)3(1-12)4(11)2-13-6/h2,14H,1,12H2. The highest BCUT2D eigenvalue weighted by Crippen LogP contribution is 2.33. The number of ether oxygens (including phenoxy) is 1. The molecule has 0 atom stereocenters. The molecule has 0 spiro atoms. The average molecular weight is 334 g/mol. The molecule has 15 heavy (non-hydrogen) atoms. The van der Waals surface area contributed by atoms with Gasteiger partial charge in [0.15, 0.2) is 5.75 Å². The van der Waals surface area contributed by atoms with Crippen LogP contribution in [0.5, 0.6) is 11.6 Å². The van der Waals surface area contributed by atoms with Crippen LogP contribution in [0.4, 0.5) is 13.2 Å². The van der Waals surface area contributed by atoms with Crippen molar-refractivity contribution >= 4 is 22.6 Å². The minimum absolute atomic E-state index is 0.0964. The van der Waals surface area contributed by atoms with Crippen molar-refractivity contribution in [1.29, 1.82) is 0 Å². The molecule has 1 heterocycles. The first-order valence-electron chi connectivity index (χ1n) is 3.67. The quantitative estimate of drug-likeness (QED) is 0.809. The van der Waals surface area contributed by atoms with Gasteiger partial charge in [0, 0.05) is 21.9 Å². The molecule has 0 unspecified atom stereocenters. The molecule has 1 rings (SSSR count). The van der Waals surface area contributed by atoms with Gasteiger partial charge >= 0.3 is 6.36 Å². The van der Waals surface area contributed by atoms with Crippen LogP contribution in [0.3, 0.4) is 0 Å². The number of aromatic nitrogens is 1. The molecule has 0 aliphatic carbocycles. The molecule has 4 nitrogen and oxygen atoms in total. The van der Waals surface area contributed by atoms with Gasteiger partial charge in [0.2, 0.25) is 0 Å². The van der Waals surface area contributed by atoms with Crippen molar-refractivity contribution in [2.45, 2.75) is 12.9 Å². The number of nitrogens with two attached hydrogens (primary N) is 1. The molecule has 0 aliphatic rings. The summed E-state index contributed by atoms with van der Waals surface area (Å²) in [5, 5.41) is 9.36. The fraction of sp³-hybridized carbons (Fsp3) is 0.286. The van der Waals surface area contributed by atoms with E-state index in [0.717, 1.165) is 6.20 Å². The van der Waals surface area contributed by atoms with Crippen LogP contribution in [0.25, 0.3) is 0 Å². The second kappa shape index (κ2) is 4.39. The zero-order valence-corrected chi connectivity index (χ0v) is 9.33. The first-order chi connectivity index (χ1) is 6.85. The van der Waals surface area contributed by atoms with E-state index in [0.29, 0.717) is 3.57 Å². The molecule has 0 radical (unpaired) electrons. The molecule has 0 saturated carbocycles. The van der Waals surface area contributed by atoms with Crippen molar-refractivity contribution in [1.82, 2.24) is 4.98 Å². The third-order valence-corrected chi connectivity index (χ3v) is 2.42. The van der Waals surface area contributed by atoms with Crippen LogP contribution in [-0.2, 0) is 6.54 Å². The number of nitrogens with zero attached hydrogens (tertiary/aromatic N) is 1. The Morgan fingerprint density at radius 3 is 2.60 bits per heavy atom. The van der Waals surface area contributed by atoms with Gasteiger partial charge in [-0.3, -0.25) is 0 Å². The van der Waals surface area contributed by atoms with Crippen molar-refractivity contribution in [3.8, 4) is 11.6 Å². The first-order valence-corrected chi connectivity index (χ1v) is 4.75. The summed E-state index contributed by atoms with van der Waals surface area (Å²) in [6, 6.07) is 0. The van der Waals surface area contributed by atoms with E-state index in [4.69, 9.17) is 5.73 Å². The maximum absolute atomic E-state index is 11.9. The van der Waals surface area contributed by atoms with E-state index in [1.807, 2.05) is 0 Å². The van der Waals surface area contributed by atoms with Crippen molar-refractivity contribution in [3.63, 3.8) is 0 Å². The molecule has 0 aromatic carbocycles. The highest BCUT2D eigenvalue weighted by Gasteiger charge is 2.33. The predicted octanol–water partition coefficient (Wildman–Crippen LogP) is 1.75. The number of alkyl halides is 3. The summed E-state index contributed by atoms with van der Waals surface area (Å²) in [5.74, 6) is -1.56. The van der Waals surface area contributed by atoms with Gasteiger partial charge < -0.3 is 15.6 Å². The van der Waals surface area contributed by atoms with E-state index in [-0.39, 0.29) is 12.1 Å². The Labute approximate surface area is 96.4 Å². The van der Waals surface area contributed by atoms with Gasteiger partial charge in [-0.25, -0.2) is 4.98 Å². The Morgan fingerprint density at radius 1 is 1.53 bits per heavy atom. The highest BCUT2D eigenvalue weighted by atomic mass is 127. The van der Waals surface area contributed by atoms with Gasteiger partial charge in [0.25, 0.3) is 5.88 Å². The van der Waals surface area contributed by atoms with E-state index in [1.165, 1.54) is 0 Å². The maximum Gasteiger partial charge on any atom is 0.574 e. The van der Waals surface area contributed by atoms with Gasteiger partial charge in [-0.05, 0) is 22.6 Å². The van der Waals surface area contributed by atoms with E-state index in [1.54, 1.807) is 22.6 Å². The molecular weight excluding hydrogens is 328 g/mol. The Balaban J connectivity index is 3.11. The van der Waals surface area contributed by atoms with Crippen molar-refractivity contribution in [2.75, 3.05) is 0 Å². The molecule has 1 aromatic heterocycles. The zero-order valence-electron chi connectivity index (χ0n) is 7.18. The Kier molecular flexibility index (Phi) is 3.60. The first kappa shape index (κ1) is 12.3. The summed E-state index contributed by atoms with van der Waals surface area (Å²) >= 11 is 1.80. The number of aromatic hydroxyl groups is 1. The number of hydrogen-bond donors (Lipinski definition) is 2. The summed E-state index contributed by atoms with van der Waals surface area (Å²) in [7, 11) is 0. The van der Waals surface area contributed by atoms with Crippen molar-refractivity contribution in [3.05, 3.63) is 15.3 Å². The topological polar surface area (TPSA) is 68.4 Å². The Morgan fingerprint density at radius 2 is 2.13 bits per heavy atom. The normalized spacial score (nSPS) is 11.5. The third-order valence-electron chi connectivity index (χ3n) is 1.49. The molecule has 84 valence electrons. The molecule has 0 fully saturated rings. The Bertz CT molecular complexity index is 370. The SMILES string of the molecule is NCc1c(I)cnc(OC(F)(F)F)c1O. The predicted molar refractivity (Wildman–Crippen MR) is 53.2 cm³/mol. The average Bonchev–Trinajstić information content (AvgIpc) is 2.09. The van der Waals surface area contributed by atoms with Crippen molar-refractivity contribution < 1.29 is 23.0 Å². The second-order valence-electron chi connectivity index (χ2n) is 2.49. The lowest BCUT2D eigenvalue weighted by Crippen LogP contribution is -2.18. The second-order valence-corrected chi connectivity index (χ2v) is 3.65. The summed E-state index contributed by atoms with van der Waals surface area (Å²) < 4.78 is 39.5. The highest BCUT2D eigenvalue weighted by molar-refractivity contribution is 14.1. The lowest BCUT2D eigenvalue weighted by atomic mass is 10.2. The molecule has 0 amide bonds. The number of rotatable bonds is 2. The smallest absolute Gasteiger partial charge is 0.503 e. The molecule has 0 bridgehead atoms. The van der Waals surface area contributed by atoms with Crippen LogP contribution >= 0.6 is 22.6 Å². The fourth-order valence-electron chi connectivity index (χ4n) is 0.875. The van der Waals surface area contributed by atoms with Gasteiger partial charge in [-0.2, -0.15) is 0 Å². The molecule has 1 aromatic rings. The summed E-state index contributed by atoms with van der Waals surface area (Å²) in [6.07, 6.45) is -3.74. The third kappa shape index (κ3) is 3.09. The molecular formula is C7H6F3IN2O2. The van der Waals surface area contributed by atoms with E-state index >= 15 is 0 Å². The van der Waals surface area contributed by atoms with Gasteiger partial charge in [-0.1, -0.05) is 0 Å². The Hall–Kier alpha value is -0.770. The van der Waals surface area contributed by atoms with Gasteiger partial charge in [0.05, 0.1) is 0 Å². The van der Waals surface area contributed by atoms with Crippen molar-refractivity contribution in [2.24, 2.45) is 5.73 Å². The van der Waals surface area contributed by atoms with Crippen LogP contribution in [0, 0.1) is 3.57 Å². The van der Waals surface area contributed by atoms with E-state index in [9.17, 15) is 18.3 Å². The summed E-state index contributed by atoms with van der Waals surface area (Å²) in [4.78, 5) is 3.32. The maximum atomic E-state index is 11.9. The summed E-state index contributed by atoms with van der Waals surface area (Å²) in [6.45, 7) is -0.0964. The largest absolute Gasteiger partial charge is 0.574 e. The minimum Gasteiger partial charge on any atom is -0.503 e. The van der Waals surface area contributed by atoms with Crippen LogP contribution < -0.4 is 10.5 Å². The molecule has 0 aliphatic heterocycles. The lowest BCUT2D eigenvalue weighted by Gasteiger charge is -2.11. The van der Waals surface area contributed by atoms with E-state index < -0.39 is 18.0 Å². The lowest BCUT2D eigenvalue weighted by molar-refractivity contribution is -0.276. The number of hydrogen-bond acceptors (Lipinski definition) is 4. The zero-order chi connectivity index (χ0) is 11.6. The fourth-order valence-corrected chi connectivity index (χ4v) is 1.49. The van der Waals surface area contributed by atoms with Crippen LogP contribution in [-0.4, -0.2) is 16.5 Å². The van der Waals surface area contributed by atoms with Gasteiger partial charge in [-0.15, -0.1) is 13.2 Å². The molecule has 0 saturated heterocycles. The van der Waals surface area contributed by atoms with Gasteiger partial charge in [0.1, 0.15) is 0 Å². The monoisotopic (exact) mass is 334 g/mol. The minimum atomic E-state index is -4.89. The number of halogens is 4. The van der Waals surface area contributed by atoms with Crippen LogP contribution in [0.1, 0.15) is 5.56 Å². The molecule has 8 heteroatoms. The van der Waals surface area contributed by atoms with Crippen LogP contribution in [0.2, 0.25) is 0 Å². The summed E-state index contributed by atoms with van der Waals surface area (Å²) in [5.41, 5.74) is 5.43. The van der Waals surface area contributed by atoms with Crippen LogP contribution in [0.15, 0.2) is 6.20 Å².